The Morgan fingerprint density at radius 2 is 2.08 bits per heavy atom. The average Bonchev–Trinajstić information content (AvgIpc) is 2.63. The normalized spacial score (nSPS) is 20.8. The van der Waals surface area contributed by atoms with Crippen molar-refractivity contribution in [3.8, 4) is 0 Å². The summed E-state index contributed by atoms with van der Waals surface area (Å²) >= 11 is 0. The van der Waals surface area contributed by atoms with Crippen molar-refractivity contribution < 1.29 is 9.84 Å². The molecule has 6 heteroatoms. The number of rotatable bonds is 6. The molecule has 1 aromatic heterocycles. The van der Waals surface area contributed by atoms with Gasteiger partial charge in [0.25, 0.3) is 0 Å². The van der Waals surface area contributed by atoms with E-state index in [4.69, 9.17) is 4.74 Å². The number of morpholine rings is 1. The lowest BCUT2D eigenvalue weighted by molar-refractivity contribution is -0.0580. The molecule has 0 aliphatic carbocycles. The maximum absolute atomic E-state index is 10.9. The third-order valence-electron chi connectivity index (χ3n) is 4.58. The van der Waals surface area contributed by atoms with Crippen molar-refractivity contribution >= 4 is 5.82 Å². The van der Waals surface area contributed by atoms with Gasteiger partial charge in [-0.3, -0.25) is 4.90 Å². The van der Waals surface area contributed by atoms with Crippen LogP contribution in [-0.4, -0.2) is 66.1 Å². The summed E-state index contributed by atoms with van der Waals surface area (Å²) in [5.74, 6) is 0.833. The van der Waals surface area contributed by atoms with E-state index in [0.29, 0.717) is 13.2 Å². The van der Waals surface area contributed by atoms with Crippen molar-refractivity contribution in [2.45, 2.75) is 18.6 Å². The number of benzene rings is 1. The highest BCUT2D eigenvalue weighted by atomic mass is 16.5. The van der Waals surface area contributed by atoms with Gasteiger partial charge in [0, 0.05) is 39.4 Å². The fourth-order valence-electron chi connectivity index (χ4n) is 3.25. The number of anilines is 1. The molecule has 3 rings (SSSR count). The molecule has 1 N–H and O–H groups in total. The highest BCUT2D eigenvalue weighted by Crippen LogP contribution is 2.23. The summed E-state index contributed by atoms with van der Waals surface area (Å²) in [5, 5.41) is 18.9. The van der Waals surface area contributed by atoms with E-state index < -0.39 is 5.60 Å². The summed E-state index contributed by atoms with van der Waals surface area (Å²) in [7, 11) is 1.99. The van der Waals surface area contributed by atoms with Gasteiger partial charge in [0.15, 0.2) is 5.82 Å². The van der Waals surface area contributed by atoms with E-state index in [9.17, 15) is 5.11 Å². The van der Waals surface area contributed by atoms with Gasteiger partial charge in [-0.25, -0.2) is 0 Å². The summed E-state index contributed by atoms with van der Waals surface area (Å²) in [5.41, 5.74) is 0.0645. The van der Waals surface area contributed by atoms with Crippen molar-refractivity contribution in [1.82, 2.24) is 15.1 Å². The third-order valence-corrected chi connectivity index (χ3v) is 4.58. The Bertz CT molecular complexity index is 651. The summed E-state index contributed by atoms with van der Waals surface area (Å²) in [6, 6.07) is 13.6. The summed E-state index contributed by atoms with van der Waals surface area (Å²) in [4.78, 5) is 4.32. The molecule has 134 valence electrons. The van der Waals surface area contributed by atoms with Crippen molar-refractivity contribution in [1.29, 1.82) is 0 Å². The molecule has 1 aliphatic heterocycles. The van der Waals surface area contributed by atoms with Gasteiger partial charge in [-0.2, -0.15) is 5.10 Å². The molecular formula is C19H26N4O2. The number of ether oxygens (including phenoxy) is 1. The number of hydrogen-bond donors (Lipinski definition) is 1. The number of hydrogen-bond acceptors (Lipinski definition) is 6. The van der Waals surface area contributed by atoms with Gasteiger partial charge in [-0.05, 0) is 24.6 Å². The van der Waals surface area contributed by atoms with Gasteiger partial charge in [0.05, 0.1) is 18.3 Å². The molecule has 1 aromatic carbocycles. The van der Waals surface area contributed by atoms with Gasteiger partial charge >= 0.3 is 0 Å². The topological polar surface area (TPSA) is 61.7 Å². The molecule has 0 saturated carbocycles. The van der Waals surface area contributed by atoms with Gasteiger partial charge in [0.2, 0.25) is 0 Å². The predicted molar refractivity (Wildman–Crippen MR) is 97.5 cm³/mol. The van der Waals surface area contributed by atoms with Crippen LogP contribution in [0.2, 0.25) is 0 Å². The first-order valence-electron chi connectivity index (χ1n) is 8.65. The lowest BCUT2D eigenvalue weighted by atomic mass is 9.95. The summed E-state index contributed by atoms with van der Waals surface area (Å²) in [6.07, 6.45) is 1.74. The third kappa shape index (κ3) is 4.75. The van der Waals surface area contributed by atoms with E-state index >= 15 is 0 Å². The number of nitrogens with zero attached hydrogens (tertiary/aromatic N) is 4. The fourth-order valence-corrected chi connectivity index (χ4v) is 3.25. The molecular weight excluding hydrogens is 316 g/mol. The quantitative estimate of drug-likeness (QED) is 0.859. The SMILES string of the molecule is CN(CC1CN(CC(C)(O)c2ccccc2)CCO1)c1cccnn1. The maximum atomic E-state index is 10.9. The summed E-state index contributed by atoms with van der Waals surface area (Å²) in [6.45, 7) is 5.48. The zero-order chi connectivity index (χ0) is 17.7. The van der Waals surface area contributed by atoms with Crippen LogP contribution in [0.4, 0.5) is 5.82 Å². The molecule has 0 amide bonds. The van der Waals surface area contributed by atoms with E-state index in [2.05, 4.69) is 20.0 Å². The average molecular weight is 342 g/mol. The second kappa shape index (κ2) is 7.91. The Labute approximate surface area is 149 Å². The lowest BCUT2D eigenvalue weighted by Crippen LogP contribution is -2.50. The second-order valence-corrected chi connectivity index (χ2v) is 6.83. The number of aliphatic hydroxyl groups is 1. The van der Waals surface area contributed by atoms with Crippen LogP contribution in [-0.2, 0) is 10.3 Å². The first-order chi connectivity index (χ1) is 12.0. The first kappa shape index (κ1) is 17.8. The minimum absolute atomic E-state index is 0.0762. The van der Waals surface area contributed by atoms with E-state index in [-0.39, 0.29) is 6.10 Å². The van der Waals surface area contributed by atoms with Gasteiger partial charge in [-0.1, -0.05) is 30.3 Å². The standard InChI is InChI=1S/C19H26N4O2/c1-19(24,16-7-4-3-5-8-16)15-23-11-12-25-17(14-23)13-22(2)18-9-6-10-20-21-18/h3-10,17,24H,11-15H2,1-2H3. The molecule has 1 fully saturated rings. The van der Waals surface area contributed by atoms with Crippen molar-refractivity contribution in [2.24, 2.45) is 0 Å². The number of likely N-dealkylation sites (N-methyl/N-ethyl adjacent to an activating group) is 1. The molecule has 2 atom stereocenters. The van der Waals surface area contributed by atoms with Crippen LogP contribution in [0.3, 0.4) is 0 Å². The van der Waals surface area contributed by atoms with E-state index in [1.165, 1.54) is 0 Å². The van der Waals surface area contributed by atoms with Crippen LogP contribution < -0.4 is 4.90 Å². The largest absolute Gasteiger partial charge is 0.384 e. The fraction of sp³-hybridized carbons (Fsp3) is 0.474. The number of aromatic nitrogens is 2. The zero-order valence-corrected chi connectivity index (χ0v) is 14.9. The molecule has 1 aliphatic rings. The molecule has 0 radical (unpaired) electrons. The molecule has 6 nitrogen and oxygen atoms in total. The second-order valence-electron chi connectivity index (χ2n) is 6.83. The van der Waals surface area contributed by atoms with Crippen LogP contribution >= 0.6 is 0 Å². The molecule has 0 spiro atoms. The van der Waals surface area contributed by atoms with Crippen LogP contribution in [0.15, 0.2) is 48.7 Å². The Morgan fingerprint density at radius 3 is 2.80 bits per heavy atom. The highest BCUT2D eigenvalue weighted by molar-refractivity contribution is 5.35. The molecule has 1 saturated heterocycles. The van der Waals surface area contributed by atoms with E-state index in [1.54, 1.807) is 6.20 Å². The van der Waals surface area contributed by atoms with Crippen molar-refractivity contribution in [2.75, 3.05) is 44.7 Å². The summed E-state index contributed by atoms with van der Waals surface area (Å²) < 4.78 is 5.91. The monoisotopic (exact) mass is 342 g/mol. The van der Waals surface area contributed by atoms with Gasteiger partial charge < -0.3 is 14.7 Å². The van der Waals surface area contributed by atoms with Gasteiger partial charge in [0.1, 0.15) is 0 Å². The van der Waals surface area contributed by atoms with Crippen LogP contribution in [0.25, 0.3) is 0 Å². The zero-order valence-electron chi connectivity index (χ0n) is 14.9. The lowest BCUT2D eigenvalue weighted by Gasteiger charge is -2.38. The van der Waals surface area contributed by atoms with E-state index in [0.717, 1.165) is 31.0 Å². The predicted octanol–water partition coefficient (Wildman–Crippen LogP) is 1.52. The molecule has 0 bridgehead atoms. The Balaban J connectivity index is 1.58. The Kier molecular flexibility index (Phi) is 5.63. The Hall–Kier alpha value is -2.02. The number of β-amino-alcohol motifs (C(OH)–C–C–N with tert-alkyl or cyclic N) is 1. The molecule has 25 heavy (non-hydrogen) atoms. The van der Waals surface area contributed by atoms with Crippen LogP contribution in [0.1, 0.15) is 12.5 Å². The molecule has 2 unspecified atom stereocenters. The van der Waals surface area contributed by atoms with Crippen LogP contribution in [0.5, 0.6) is 0 Å². The van der Waals surface area contributed by atoms with Crippen LogP contribution in [0, 0.1) is 0 Å². The maximum Gasteiger partial charge on any atom is 0.151 e. The molecule has 2 aromatic rings. The first-order valence-corrected chi connectivity index (χ1v) is 8.65. The minimum atomic E-state index is -0.875. The van der Waals surface area contributed by atoms with E-state index in [1.807, 2.05) is 56.4 Å². The minimum Gasteiger partial charge on any atom is -0.384 e. The Morgan fingerprint density at radius 1 is 1.28 bits per heavy atom. The highest BCUT2D eigenvalue weighted by Gasteiger charge is 2.30. The van der Waals surface area contributed by atoms with Crippen molar-refractivity contribution in [3.05, 3.63) is 54.2 Å². The van der Waals surface area contributed by atoms with Crippen molar-refractivity contribution in [3.63, 3.8) is 0 Å². The molecule has 2 heterocycles. The smallest absolute Gasteiger partial charge is 0.151 e. The van der Waals surface area contributed by atoms with Gasteiger partial charge in [-0.15, -0.1) is 5.10 Å².